The molecule has 0 atom stereocenters. The van der Waals surface area contributed by atoms with Gasteiger partial charge in [-0.2, -0.15) is 0 Å². The highest BCUT2D eigenvalue weighted by molar-refractivity contribution is 6.05. The standard InChI is InChI=1S/C27H24O6/c1-19(2)16-31-25(28)22-13-14-23(26(29)32-17-20-9-5-3-6-10-20)24(15-22)27(30)33-18-21-11-7-4-8-12-21/h3-15H,1,16-18H2,2H3. The van der Waals surface area contributed by atoms with Gasteiger partial charge in [-0.05, 0) is 41.8 Å². The average molecular weight is 444 g/mol. The van der Waals surface area contributed by atoms with E-state index in [9.17, 15) is 14.4 Å². The van der Waals surface area contributed by atoms with Gasteiger partial charge in [0, 0.05) is 0 Å². The topological polar surface area (TPSA) is 78.9 Å². The van der Waals surface area contributed by atoms with E-state index in [0.29, 0.717) is 5.57 Å². The van der Waals surface area contributed by atoms with Crippen LogP contribution in [-0.2, 0) is 27.4 Å². The van der Waals surface area contributed by atoms with Gasteiger partial charge in [-0.1, -0.05) is 67.2 Å². The van der Waals surface area contributed by atoms with Crippen molar-refractivity contribution in [2.75, 3.05) is 6.61 Å². The fourth-order valence-electron chi connectivity index (χ4n) is 2.89. The molecule has 0 aliphatic heterocycles. The maximum absolute atomic E-state index is 12.9. The van der Waals surface area contributed by atoms with Crippen LogP contribution in [0.25, 0.3) is 0 Å². The largest absolute Gasteiger partial charge is 0.458 e. The van der Waals surface area contributed by atoms with E-state index < -0.39 is 17.9 Å². The van der Waals surface area contributed by atoms with E-state index >= 15 is 0 Å². The summed E-state index contributed by atoms with van der Waals surface area (Å²) in [5, 5.41) is 0. The third kappa shape index (κ3) is 6.90. The summed E-state index contributed by atoms with van der Waals surface area (Å²) in [4.78, 5) is 38.0. The Hall–Kier alpha value is -4.19. The molecule has 3 rings (SSSR count). The van der Waals surface area contributed by atoms with Gasteiger partial charge in [0.15, 0.2) is 0 Å². The first kappa shape index (κ1) is 23.5. The minimum Gasteiger partial charge on any atom is -0.458 e. The van der Waals surface area contributed by atoms with Crippen LogP contribution in [-0.4, -0.2) is 24.5 Å². The molecule has 0 bridgehead atoms. The Morgan fingerprint density at radius 3 is 1.70 bits per heavy atom. The van der Waals surface area contributed by atoms with E-state index in [-0.39, 0.29) is 36.5 Å². The van der Waals surface area contributed by atoms with E-state index in [1.165, 1.54) is 18.2 Å². The first-order valence-electron chi connectivity index (χ1n) is 10.3. The monoisotopic (exact) mass is 444 g/mol. The van der Waals surface area contributed by atoms with Crippen LogP contribution in [0.4, 0.5) is 0 Å². The number of esters is 3. The van der Waals surface area contributed by atoms with Gasteiger partial charge >= 0.3 is 17.9 Å². The third-order valence-electron chi connectivity index (χ3n) is 4.57. The van der Waals surface area contributed by atoms with Crippen molar-refractivity contribution in [2.24, 2.45) is 0 Å². The summed E-state index contributed by atoms with van der Waals surface area (Å²) >= 11 is 0. The molecule has 0 aliphatic carbocycles. The summed E-state index contributed by atoms with van der Waals surface area (Å²) in [6, 6.07) is 22.4. The first-order chi connectivity index (χ1) is 15.9. The normalized spacial score (nSPS) is 10.2. The van der Waals surface area contributed by atoms with Gasteiger partial charge in [0.1, 0.15) is 19.8 Å². The molecular formula is C27H24O6. The Morgan fingerprint density at radius 1 is 0.667 bits per heavy atom. The predicted octanol–water partition coefficient (Wildman–Crippen LogP) is 5.13. The number of hydrogen-bond donors (Lipinski definition) is 0. The Morgan fingerprint density at radius 2 is 1.18 bits per heavy atom. The maximum atomic E-state index is 12.9. The lowest BCUT2D eigenvalue weighted by Gasteiger charge is -2.12. The van der Waals surface area contributed by atoms with Crippen LogP contribution in [0.3, 0.4) is 0 Å². The molecular weight excluding hydrogens is 420 g/mol. The number of rotatable bonds is 9. The van der Waals surface area contributed by atoms with E-state index in [2.05, 4.69) is 6.58 Å². The van der Waals surface area contributed by atoms with Crippen molar-refractivity contribution in [1.82, 2.24) is 0 Å². The SMILES string of the molecule is C=C(C)COC(=O)c1ccc(C(=O)OCc2ccccc2)c(C(=O)OCc2ccccc2)c1. The molecule has 168 valence electrons. The Labute approximate surface area is 192 Å². The molecule has 0 fully saturated rings. The van der Waals surface area contributed by atoms with E-state index in [0.717, 1.165) is 11.1 Å². The van der Waals surface area contributed by atoms with Crippen LogP contribution >= 0.6 is 0 Å². The van der Waals surface area contributed by atoms with Crippen molar-refractivity contribution >= 4 is 17.9 Å². The van der Waals surface area contributed by atoms with Crippen LogP contribution in [0.15, 0.2) is 91.0 Å². The second-order valence-electron chi connectivity index (χ2n) is 7.42. The lowest BCUT2D eigenvalue weighted by atomic mass is 10.0. The molecule has 0 aromatic heterocycles. The summed E-state index contributed by atoms with van der Waals surface area (Å²) in [5.74, 6) is -2.09. The molecule has 0 spiro atoms. The van der Waals surface area contributed by atoms with Gasteiger partial charge in [0.05, 0.1) is 16.7 Å². The lowest BCUT2D eigenvalue weighted by molar-refractivity contribution is 0.0424. The summed E-state index contributed by atoms with van der Waals surface area (Å²) in [6.45, 7) is 5.53. The minimum absolute atomic E-state index is 0.000411. The first-order valence-corrected chi connectivity index (χ1v) is 10.3. The maximum Gasteiger partial charge on any atom is 0.339 e. The van der Waals surface area contributed by atoms with Crippen molar-refractivity contribution in [2.45, 2.75) is 20.1 Å². The van der Waals surface area contributed by atoms with Crippen molar-refractivity contribution in [3.63, 3.8) is 0 Å². The molecule has 6 nitrogen and oxygen atoms in total. The summed E-state index contributed by atoms with van der Waals surface area (Å²) < 4.78 is 15.9. The highest BCUT2D eigenvalue weighted by Crippen LogP contribution is 2.18. The molecule has 0 N–H and O–H groups in total. The Kier molecular flexibility index (Phi) is 8.13. The fraction of sp³-hybridized carbons (Fsp3) is 0.148. The second kappa shape index (κ2) is 11.4. The molecule has 3 aromatic rings. The minimum atomic E-state index is -0.750. The van der Waals surface area contributed by atoms with Crippen molar-refractivity contribution in [3.8, 4) is 0 Å². The summed E-state index contributed by atoms with van der Waals surface area (Å²) in [5.41, 5.74) is 2.30. The van der Waals surface area contributed by atoms with E-state index in [1.54, 1.807) is 6.92 Å². The molecule has 0 aliphatic rings. The summed E-state index contributed by atoms with van der Waals surface area (Å²) in [7, 11) is 0. The number of benzene rings is 3. The van der Waals surface area contributed by atoms with Gasteiger partial charge in [0.25, 0.3) is 0 Å². The third-order valence-corrected chi connectivity index (χ3v) is 4.57. The molecule has 0 saturated carbocycles. The smallest absolute Gasteiger partial charge is 0.339 e. The highest BCUT2D eigenvalue weighted by Gasteiger charge is 2.22. The molecule has 33 heavy (non-hydrogen) atoms. The summed E-state index contributed by atoms with van der Waals surface area (Å²) in [6.07, 6.45) is 0. The van der Waals surface area contributed by atoms with E-state index in [4.69, 9.17) is 14.2 Å². The van der Waals surface area contributed by atoms with Gasteiger partial charge in [0.2, 0.25) is 0 Å². The Balaban J connectivity index is 1.81. The number of carbonyl (C=O) groups excluding carboxylic acids is 3. The quantitative estimate of drug-likeness (QED) is 0.259. The van der Waals surface area contributed by atoms with Gasteiger partial charge in [-0.15, -0.1) is 0 Å². The van der Waals surface area contributed by atoms with Gasteiger partial charge in [-0.25, -0.2) is 14.4 Å². The molecule has 3 aromatic carbocycles. The molecule has 0 amide bonds. The number of hydrogen-bond acceptors (Lipinski definition) is 6. The number of carbonyl (C=O) groups is 3. The van der Waals surface area contributed by atoms with Gasteiger partial charge < -0.3 is 14.2 Å². The Bertz CT molecular complexity index is 1140. The van der Waals surface area contributed by atoms with Crippen LogP contribution in [0, 0.1) is 0 Å². The van der Waals surface area contributed by atoms with Crippen LogP contribution in [0.5, 0.6) is 0 Å². The molecule has 0 saturated heterocycles. The highest BCUT2D eigenvalue weighted by atomic mass is 16.5. The van der Waals surface area contributed by atoms with Crippen LogP contribution in [0.1, 0.15) is 49.1 Å². The van der Waals surface area contributed by atoms with E-state index in [1.807, 2.05) is 60.7 Å². The number of ether oxygens (including phenoxy) is 3. The molecule has 0 unspecified atom stereocenters. The van der Waals surface area contributed by atoms with Crippen LogP contribution < -0.4 is 0 Å². The van der Waals surface area contributed by atoms with Crippen molar-refractivity contribution < 1.29 is 28.6 Å². The lowest BCUT2D eigenvalue weighted by Crippen LogP contribution is -2.16. The zero-order valence-corrected chi connectivity index (χ0v) is 18.3. The van der Waals surface area contributed by atoms with Crippen LogP contribution in [0.2, 0.25) is 0 Å². The fourth-order valence-corrected chi connectivity index (χ4v) is 2.89. The average Bonchev–Trinajstić information content (AvgIpc) is 2.85. The molecule has 6 heteroatoms. The second-order valence-corrected chi connectivity index (χ2v) is 7.42. The van der Waals surface area contributed by atoms with Crippen molar-refractivity contribution in [3.05, 3.63) is 119 Å². The predicted molar refractivity (Wildman–Crippen MR) is 123 cm³/mol. The zero-order chi connectivity index (χ0) is 23.6. The zero-order valence-electron chi connectivity index (χ0n) is 18.3. The van der Waals surface area contributed by atoms with Gasteiger partial charge in [-0.3, -0.25) is 0 Å². The molecule has 0 heterocycles. The van der Waals surface area contributed by atoms with Crippen molar-refractivity contribution in [1.29, 1.82) is 0 Å². The molecule has 0 radical (unpaired) electrons.